The van der Waals surface area contributed by atoms with E-state index in [1.165, 1.54) is 0 Å². The summed E-state index contributed by atoms with van der Waals surface area (Å²) in [7, 11) is 1.72. The van der Waals surface area contributed by atoms with Gasteiger partial charge in [0.25, 0.3) is 0 Å². The van der Waals surface area contributed by atoms with Gasteiger partial charge in [-0.05, 0) is 26.7 Å². The Morgan fingerprint density at radius 3 is 2.73 bits per heavy atom. The molecule has 1 aliphatic rings. The van der Waals surface area contributed by atoms with Crippen molar-refractivity contribution in [3.63, 3.8) is 0 Å². The van der Waals surface area contributed by atoms with Crippen LogP contribution in [0.3, 0.4) is 0 Å². The Morgan fingerprint density at radius 2 is 2.27 bits per heavy atom. The number of hydrogen-bond acceptors (Lipinski definition) is 4. The Morgan fingerprint density at radius 1 is 1.53 bits per heavy atom. The van der Waals surface area contributed by atoms with Crippen molar-refractivity contribution in [2.45, 2.75) is 51.0 Å². The van der Waals surface area contributed by atoms with Gasteiger partial charge in [0.2, 0.25) is 0 Å². The summed E-state index contributed by atoms with van der Waals surface area (Å²) in [6.07, 6.45) is 3.12. The zero-order valence-electron chi connectivity index (χ0n) is 10.0. The van der Waals surface area contributed by atoms with Gasteiger partial charge in [0.15, 0.2) is 0 Å². The molecule has 0 aromatic rings. The molecule has 1 heterocycles. The van der Waals surface area contributed by atoms with Crippen LogP contribution in [0.25, 0.3) is 0 Å². The third-order valence-electron chi connectivity index (χ3n) is 3.04. The number of rotatable bonds is 6. The molecule has 90 valence electrons. The van der Waals surface area contributed by atoms with Gasteiger partial charge in [-0.3, -0.25) is 0 Å². The summed E-state index contributed by atoms with van der Waals surface area (Å²) in [5.41, 5.74) is 5.74. The standard InChI is InChI=1S/C11H24N2O2/c1-8-4-5-11(15-8)10(6-12)13-7-9(2)14-3/h8-11,13H,4-7,12H2,1-3H3. The van der Waals surface area contributed by atoms with Crippen LogP contribution < -0.4 is 11.1 Å². The molecule has 0 bridgehead atoms. The lowest BCUT2D eigenvalue weighted by Crippen LogP contribution is -2.47. The van der Waals surface area contributed by atoms with E-state index in [4.69, 9.17) is 15.2 Å². The van der Waals surface area contributed by atoms with E-state index in [1.807, 2.05) is 6.92 Å². The van der Waals surface area contributed by atoms with Crippen molar-refractivity contribution in [1.29, 1.82) is 0 Å². The van der Waals surface area contributed by atoms with Gasteiger partial charge in [-0.15, -0.1) is 0 Å². The van der Waals surface area contributed by atoms with Crippen LogP contribution in [0, 0.1) is 0 Å². The highest BCUT2D eigenvalue weighted by Crippen LogP contribution is 2.21. The fourth-order valence-electron chi connectivity index (χ4n) is 1.90. The Bertz CT molecular complexity index is 178. The maximum Gasteiger partial charge on any atom is 0.0744 e. The first-order chi connectivity index (χ1) is 7.17. The molecule has 4 heteroatoms. The molecule has 4 nitrogen and oxygen atoms in total. The summed E-state index contributed by atoms with van der Waals surface area (Å²) in [6.45, 7) is 5.60. The predicted octanol–water partition coefficient (Wildman–Crippen LogP) is 0.506. The summed E-state index contributed by atoms with van der Waals surface area (Å²) < 4.78 is 11.0. The molecule has 1 rings (SSSR count). The van der Waals surface area contributed by atoms with E-state index < -0.39 is 0 Å². The second kappa shape index (κ2) is 6.43. The zero-order valence-corrected chi connectivity index (χ0v) is 10.0. The molecule has 15 heavy (non-hydrogen) atoms. The highest BCUT2D eigenvalue weighted by atomic mass is 16.5. The summed E-state index contributed by atoms with van der Waals surface area (Å²) >= 11 is 0. The van der Waals surface area contributed by atoms with E-state index >= 15 is 0 Å². The molecule has 0 aliphatic carbocycles. The number of methoxy groups -OCH3 is 1. The van der Waals surface area contributed by atoms with Gasteiger partial charge >= 0.3 is 0 Å². The van der Waals surface area contributed by atoms with E-state index in [-0.39, 0.29) is 18.2 Å². The largest absolute Gasteiger partial charge is 0.380 e. The van der Waals surface area contributed by atoms with Crippen molar-refractivity contribution in [3.8, 4) is 0 Å². The first-order valence-electron chi connectivity index (χ1n) is 5.79. The summed E-state index contributed by atoms with van der Waals surface area (Å²) in [6, 6.07) is 0.257. The predicted molar refractivity (Wildman–Crippen MR) is 60.9 cm³/mol. The number of hydrogen-bond donors (Lipinski definition) is 2. The van der Waals surface area contributed by atoms with E-state index in [2.05, 4.69) is 12.2 Å². The quantitative estimate of drug-likeness (QED) is 0.679. The van der Waals surface area contributed by atoms with Crippen molar-refractivity contribution in [2.24, 2.45) is 5.73 Å². The lowest BCUT2D eigenvalue weighted by atomic mass is 10.1. The monoisotopic (exact) mass is 216 g/mol. The van der Waals surface area contributed by atoms with E-state index in [0.29, 0.717) is 12.6 Å². The van der Waals surface area contributed by atoms with Crippen LogP contribution in [0.2, 0.25) is 0 Å². The summed E-state index contributed by atoms with van der Waals surface area (Å²) in [5.74, 6) is 0. The molecule has 4 unspecified atom stereocenters. The number of nitrogens with two attached hydrogens (primary N) is 1. The first kappa shape index (κ1) is 12.9. The highest BCUT2D eigenvalue weighted by Gasteiger charge is 2.28. The molecule has 3 N–H and O–H groups in total. The minimum absolute atomic E-state index is 0.220. The first-order valence-corrected chi connectivity index (χ1v) is 5.79. The zero-order chi connectivity index (χ0) is 11.3. The van der Waals surface area contributed by atoms with Crippen LogP contribution in [0.5, 0.6) is 0 Å². The van der Waals surface area contributed by atoms with Gasteiger partial charge in [-0.2, -0.15) is 0 Å². The van der Waals surface area contributed by atoms with Crippen molar-refractivity contribution in [3.05, 3.63) is 0 Å². The van der Waals surface area contributed by atoms with Crippen LogP contribution >= 0.6 is 0 Å². The lowest BCUT2D eigenvalue weighted by Gasteiger charge is -2.24. The van der Waals surface area contributed by atoms with Gasteiger partial charge in [-0.25, -0.2) is 0 Å². The van der Waals surface area contributed by atoms with Crippen LogP contribution in [0.1, 0.15) is 26.7 Å². The van der Waals surface area contributed by atoms with Crippen LogP contribution in [0.15, 0.2) is 0 Å². The van der Waals surface area contributed by atoms with Crippen molar-refractivity contribution in [2.75, 3.05) is 20.2 Å². The number of nitrogens with one attached hydrogen (secondary N) is 1. The minimum Gasteiger partial charge on any atom is -0.380 e. The van der Waals surface area contributed by atoms with Gasteiger partial charge in [-0.1, -0.05) is 0 Å². The molecule has 0 saturated carbocycles. The average Bonchev–Trinajstić information content (AvgIpc) is 2.65. The molecule has 1 saturated heterocycles. The van der Waals surface area contributed by atoms with Crippen LogP contribution in [0.4, 0.5) is 0 Å². The summed E-state index contributed by atoms with van der Waals surface area (Å²) in [5, 5.41) is 3.41. The lowest BCUT2D eigenvalue weighted by molar-refractivity contribution is 0.0290. The molecular weight excluding hydrogens is 192 g/mol. The third-order valence-corrected chi connectivity index (χ3v) is 3.04. The molecule has 0 radical (unpaired) electrons. The highest BCUT2D eigenvalue weighted by molar-refractivity contribution is 4.84. The topological polar surface area (TPSA) is 56.5 Å². The van der Waals surface area contributed by atoms with E-state index in [1.54, 1.807) is 7.11 Å². The summed E-state index contributed by atoms with van der Waals surface area (Å²) in [4.78, 5) is 0. The molecule has 0 aromatic heterocycles. The molecule has 0 spiro atoms. The fraction of sp³-hybridized carbons (Fsp3) is 1.00. The SMILES string of the molecule is COC(C)CNC(CN)C1CCC(C)O1. The average molecular weight is 216 g/mol. The molecule has 1 fully saturated rings. The molecule has 1 aliphatic heterocycles. The maximum absolute atomic E-state index is 5.80. The second-order valence-corrected chi connectivity index (χ2v) is 4.36. The normalized spacial score (nSPS) is 30.4. The van der Waals surface area contributed by atoms with Gasteiger partial charge < -0.3 is 20.5 Å². The Labute approximate surface area is 92.5 Å². The Hall–Kier alpha value is -0.160. The molecule has 0 amide bonds. The van der Waals surface area contributed by atoms with Gasteiger partial charge in [0.05, 0.1) is 18.3 Å². The van der Waals surface area contributed by atoms with E-state index in [9.17, 15) is 0 Å². The minimum atomic E-state index is 0.220. The maximum atomic E-state index is 5.80. The van der Waals surface area contributed by atoms with Crippen LogP contribution in [-0.4, -0.2) is 44.6 Å². The molecule has 4 atom stereocenters. The van der Waals surface area contributed by atoms with Crippen molar-refractivity contribution < 1.29 is 9.47 Å². The molecular formula is C11H24N2O2. The Kier molecular flexibility index (Phi) is 5.53. The van der Waals surface area contributed by atoms with Gasteiger partial charge in [0, 0.05) is 26.2 Å². The third kappa shape index (κ3) is 4.07. The Balaban J connectivity index is 2.29. The number of ether oxygens (including phenoxy) is 2. The van der Waals surface area contributed by atoms with Gasteiger partial charge in [0.1, 0.15) is 0 Å². The fourth-order valence-corrected chi connectivity index (χ4v) is 1.90. The van der Waals surface area contributed by atoms with Crippen molar-refractivity contribution in [1.82, 2.24) is 5.32 Å². The smallest absolute Gasteiger partial charge is 0.0744 e. The van der Waals surface area contributed by atoms with Crippen LogP contribution in [-0.2, 0) is 9.47 Å². The molecule has 0 aromatic carbocycles. The van der Waals surface area contributed by atoms with Crippen molar-refractivity contribution >= 4 is 0 Å². The van der Waals surface area contributed by atoms with E-state index in [0.717, 1.165) is 19.4 Å². The second-order valence-electron chi connectivity index (χ2n) is 4.36.